The molecule has 1 aliphatic carbocycles. The Morgan fingerprint density at radius 3 is 3.12 bits per heavy atom. The molecule has 0 saturated carbocycles. The average Bonchev–Trinajstić information content (AvgIpc) is 2.73. The highest BCUT2D eigenvalue weighted by atomic mass is 16.1. The van der Waals surface area contributed by atoms with Crippen LogP contribution >= 0.6 is 0 Å². The number of nitrogens with one attached hydrogen (secondary N) is 2. The maximum absolute atomic E-state index is 11.8. The van der Waals surface area contributed by atoms with Gasteiger partial charge in [0.25, 0.3) is 0 Å². The van der Waals surface area contributed by atoms with E-state index in [1.54, 1.807) is 6.20 Å². The van der Waals surface area contributed by atoms with Gasteiger partial charge in [0.1, 0.15) is 0 Å². The van der Waals surface area contributed by atoms with Crippen molar-refractivity contribution in [2.24, 2.45) is 5.92 Å². The van der Waals surface area contributed by atoms with Crippen LogP contribution < -0.4 is 5.32 Å². The van der Waals surface area contributed by atoms with Gasteiger partial charge < -0.3 is 5.32 Å². The molecule has 0 radical (unpaired) electrons. The van der Waals surface area contributed by atoms with Crippen molar-refractivity contribution in [3.05, 3.63) is 29.6 Å². The third-order valence-corrected chi connectivity index (χ3v) is 3.03. The highest BCUT2D eigenvalue weighted by Gasteiger charge is 2.18. The van der Waals surface area contributed by atoms with Gasteiger partial charge in [-0.2, -0.15) is 5.10 Å². The van der Waals surface area contributed by atoms with Crippen LogP contribution in [-0.4, -0.2) is 16.1 Å². The lowest BCUT2D eigenvalue weighted by molar-refractivity contribution is -0.125. The van der Waals surface area contributed by atoms with Crippen molar-refractivity contribution < 1.29 is 4.79 Å². The van der Waals surface area contributed by atoms with Crippen LogP contribution in [0.4, 0.5) is 0 Å². The van der Waals surface area contributed by atoms with E-state index in [9.17, 15) is 4.79 Å². The number of aromatic amines is 1. The fourth-order valence-electron chi connectivity index (χ4n) is 1.91. The van der Waals surface area contributed by atoms with Gasteiger partial charge in [-0.15, -0.1) is 0 Å². The summed E-state index contributed by atoms with van der Waals surface area (Å²) >= 11 is 0. The van der Waals surface area contributed by atoms with Crippen LogP contribution in [0.25, 0.3) is 0 Å². The van der Waals surface area contributed by atoms with Crippen molar-refractivity contribution in [3.8, 4) is 0 Å². The minimum absolute atomic E-state index is 0.150. The molecule has 4 heteroatoms. The second kappa shape index (κ2) is 4.96. The fraction of sp³-hybridized carbons (Fsp3) is 0.500. The van der Waals surface area contributed by atoms with Gasteiger partial charge in [-0.3, -0.25) is 9.89 Å². The number of hydrogen-bond donors (Lipinski definition) is 2. The lowest BCUT2D eigenvalue weighted by Gasteiger charge is -2.16. The highest BCUT2D eigenvalue weighted by molar-refractivity contribution is 5.78. The van der Waals surface area contributed by atoms with E-state index >= 15 is 0 Å². The molecule has 0 spiro atoms. The third kappa shape index (κ3) is 2.51. The molecule has 2 N–H and O–H groups in total. The number of allylic oxidation sites excluding steroid dienone is 2. The van der Waals surface area contributed by atoms with Gasteiger partial charge in [-0.1, -0.05) is 12.2 Å². The summed E-state index contributed by atoms with van der Waals surface area (Å²) in [5.41, 5.74) is 2.07. The molecule has 86 valence electrons. The second-order valence-corrected chi connectivity index (χ2v) is 4.22. The van der Waals surface area contributed by atoms with Crippen LogP contribution in [0.3, 0.4) is 0 Å². The summed E-state index contributed by atoms with van der Waals surface area (Å²) < 4.78 is 0. The topological polar surface area (TPSA) is 57.8 Å². The zero-order chi connectivity index (χ0) is 11.4. The Morgan fingerprint density at radius 1 is 1.62 bits per heavy atom. The zero-order valence-electron chi connectivity index (χ0n) is 9.49. The summed E-state index contributed by atoms with van der Waals surface area (Å²) in [7, 11) is 0. The van der Waals surface area contributed by atoms with Crippen LogP contribution in [0, 0.1) is 12.8 Å². The molecule has 2 rings (SSSR count). The van der Waals surface area contributed by atoms with Crippen LogP contribution in [0.2, 0.25) is 0 Å². The Morgan fingerprint density at radius 2 is 2.50 bits per heavy atom. The lowest BCUT2D eigenvalue weighted by Crippen LogP contribution is -2.30. The standard InChI is InChI=1S/C12H17N3O/c1-9-11(8-14-15-9)7-13-12(16)10-5-3-2-4-6-10/h2-3,8,10H,4-7H2,1H3,(H,13,16)(H,14,15). The minimum atomic E-state index is 0.150. The van der Waals surface area contributed by atoms with Gasteiger partial charge >= 0.3 is 0 Å². The Bertz CT molecular complexity index is 395. The number of carbonyl (C=O) groups excluding carboxylic acids is 1. The number of nitrogens with zero attached hydrogens (tertiary/aromatic N) is 1. The van der Waals surface area contributed by atoms with E-state index in [1.807, 2.05) is 6.92 Å². The van der Waals surface area contributed by atoms with Crippen LogP contribution in [-0.2, 0) is 11.3 Å². The first kappa shape index (κ1) is 10.9. The Hall–Kier alpha value is -1.58. The molecular weight excluding hydrogens is 202 g/mol. The summed E-state index contributed by atoms with van der Waals surface area (Å²) in [6.45, 7) is 2.53. The number of aryl methyl sites for hydroxylation is 1. The lowest BCUT2D eigenvalue weighted by atomic mass is 9.93. The van der Waals surface area contributed by atoms with E-state index in [2.05, 4.69) is 27.7 Å². The van der Waals surface area contributed by atoms with Gasteiger partial charge in [0.15, 0.2) is 0 Å². The Balaban J connectivity index is 1.84. The molecule has 4 nitrogen and oxygen atoms in total. The number of aromatic nitrogens is 2. The first-order chi connectivity index (χ1) is 7.77. The molecule has 1 atom stereocenters. The van der Waals surface area contributed by atoms with Crippen LogP contribution in [0.5, 0.6) is 0 Å². The van der Waals surface area contributed by atoms with Gasteiger partial charge in [-0.25, -0.2) is 0 Å². The molecule has 1 aromatic rings. The predicted molar refractivity (Wildman–Crippen MR) is 61.7 cm³/mol. The molecule has 0 fully saturated rings. The Labute approximate surface area is 95.1 Å². The quantitative estimate of drug-likeness (QED) is 0.760. The first-order valence-corrected chi connectivity index (χ1v) is 5.69. The molecule has 0 aromatic carbocycles. The molecule has 16 heavy (non-hydrogen) atoms. The minimum Gasteiger partial charge on any atom is -0.352 e. The molecule has 0 bridgehead atoms. The third-order valence-electron chi connectivity index (χ3n) is 3.03. The van der Waals surface area contributed by atoms with Gasteiger partial charge in [0.2, 0.25) is 5.91 Å². The number of H-pyrrole nitrogens is 1. The van der Waals surface area contributed by atoms with E-state index in [4.69, 9.17) is 0 Å². The van der Waals surface area contributed by atoms with Crippen molar-refractivity contribution in [1.82, 2.24) is 15.5 Å². The monoisotopic (exact) mass is 219 g/mol. The average molecular weight is 219 g/mol. The number of hydrogen-bond acceptors (Lipinski definition) is 2. The predicted octanol–water partition coefficient (Wildman–Crippen LogP) is 1.69. The molecule has 1 aliphatic rings. The number of rotatable bonds is 3. The molecule has 1 heterocycles. The number of amides is 1. The van der Waals surface area contributed by atoms with E-state index < -0.39 is 0 Å². The summed E-state index contributed by atoms with van der Waals surface area (Å²) in [4.78, 5) is 11.8. The molecule has 1 aromatic heterocycles. The fourth-order valence-corrected chi connectivity index (χ4v) is 1.91. The molecule has 1 unspecified atom stereocenters. The van der Waals surface area contributed by atoms with Gasteiger partial charge in [0, 0.05) is 23.7 Å². The largest absolute Gasteiger partial charge is 0.352 e. The summed E-state index contributed by atoms with van der Waals surface area (Å²) in [5, 5.41) is 9.75. The smallest absolute Gasteiger partial charge is 0.223 e. The maximum Gasteiger partial charge on any atom is 0.223 e. The molecule has 1 amide bonds. The van der Waals surface area contributed by atoms with Crippen molar-refractivity contribution >= 4 is 5.91 Å². The Kier molecular flexibility index (Phi) is 3.39. The van der Waals surface area contributed by atoms with E-state index in [0.29, 0.717) is 6.54 Å². The number of carbonyl (C=O) groups is 1. The second-order valence-electron chi connectivity index (χ2n) is 4.22. The van der Waals surface area contributed by atoms with Crippen LogP contribution in [0.1, 0.15) is 30.5 Å². The maximum atomic E-state index is 11.8. The SMILES string of the molecule is Cc1[nH]ncc1CNC(=O)C1CC=CCC1. The molecular formula is C12H17N3O. The van der Waals surface area contributed by atoms with E-state index in [-0.39, 0.29) is 11.8 Å². The van der Waals surface area contributed by atoms with E-state index in [1.165, 1.54) is 0 Å². The van der Waals surface area contributed by atoms with Gasteiger partial charge in [0.05, 0.1) is 6.20 Å². The van der Waals surface area contributed by atoms with Crippen molar-refractivity contribution in [1.29, 1.82) is 0 Å². The molecule has 0 aliphatic heterocycles. The van der Waals surface area contributed by atoms with E-state index in [0.717, 1.165) is 30.5 Å². The zero-order valence-corrected chi connectivity index (χ0v) is 9.49. The summed E-state index contributed by atoms with van der Waals surface area (Å²) in [5.74, 6) is 0.308. The molecule has 0 saturated heterocycles. The van der Waals surface area contributed by atoms with Crippen molar-refractivity contribution in [2.45, 2.75) is 32.7 Å². The highest BCUT2D eigenvalue weighted by Crippen LogP contribution is 2.18. The summed E-state index contributed by atoms with van der Waals surface area (Å²) in [6, 6.07) is 0. The normalized spacial score (nSPS) is 19.7. The first-order valence-electron chi connectivity index (χ1n) is 5.69. The van der Waals surface area contributed by atoms with Crippen molar-refractivity contribution in [2.75, 3.05) is 0 Å². The van der Waals surface area contributed by atoms with Crippen LogP contribution in [0.15, 0.2) is 18.3 Å². The van der Waals surface area contributed by atoms with Crippen molar-refractivity contribution in [3.63, 3.8) is 0 Å². The summed E-state index contributed by atoms with van der Waals surface area (Å²) in [6.07, 6.45) is 8.85. The van der Waals surface area contributed by atoms with Gasteiger partial charge in [-0.05, 0) is 26.2 Å².